The molecule has 2 heterocycles. The number of benzene rings is 1. The van der Waals surface area contributed by atoms with Crippen LogP contribution < -0.4 is 10.9 Å². The van der Waals surface area contributed by atoms with E-state index in [0.717, 1.165) is 35.4 Å². The van der Waals surface area contributed by atoms with E-state index in [1.807, 2.05) is 24.3 Å². The summed E-state index contributed by atoms with van der Waals surface area (Å²) in [5, 5.41) is 4.24. The Morgan fingerprint density at radius 2 is 2.23 bits per heavy atom. The number of pyridine rings is 1. The highest BCUT2D eigenvalue weighted by Crippen LogP contribution is 2.34. The van der Waals surface area contributed by atoms with E-state index in [0.29, 0.717) is 5.13 Å². The average molecular weight is 367 g/mol. The van der Waals surface area contributed by atoms with Crippen molar-refractivity contribution in [1.29, 1.82) is 0 Å². The smallest absolute Gasteiger partial charge is 0.263 e. The Hall–Kier alpha value is -2.47. The Morgan fingerprint density at radius 3 is 3.08 bits per heavy atom. The van der Waals surface area contributed by atoms with Crippen LogP contribution in [0.4, 0.5) is 5.13 Å². The second-order valence-corrected chi connectivity index (χ2v) is 7.92. The fraction of sp³-hybridized carbons (Fsp3) is 0.350. The zero-order valence-electron chi connectivity index (χ0n) is 14.7. The first kappa shape index (κ1) is 17.0. The van der Waals surface area contributed by atoms with Crippen LogP contribution in [-0.2, 0) is 12.8 Å². The maximum Gasteiger partial charge on any atom is 0.263 e. The van der Waals surface area contributed by atoms with Crippen molar-refractivity contribution < 1.29 is 4.79 Å². The van der Waals surface area contributed by atoms with E-state index >= 15 is 0 Å². The number of H-pyrrole nitrogens is 1. The zero-order valence-corrected chi connectivity index (χ0v) is 15.5. The number of thiazole rings is 1. The Balaban J connectivity index is 1.56. The fourth-order valence-electron chi connectivity index (χ4n) is 3.63. The van der Waals surface area contributed by atoms with Crippen molar-refractivity contribution in [3.05, 3.63) is 56.8 Å². The highest BCUT2D eigenvalue weighted by molar-refractivity contribution is 7.15. The van der Waals surface area contributed by atoms with Gasteiger partial charge < -0.3 is 4.98 Å². The first-order chi connectivity index (χ1) is 12.6. The van der Waals surface area contributed by atoms with Gasteiger partial charge in [-0.2, -0.15) is 0 Å². The molecular formula is C20H21N3O2S. The standard InChI is InChI=1S/C20H21N3O2S/c1-2-5-12-8-9-16-17(10-12)26-20(22-16)23-19(25)14-11-13-6-3-4-7-15(13)21-18(14)24/h3-4,6-7,11-12H,2,5,8-10H2,1H3,(H,21,24)(H,22,23,25). The summed E-state index contributed by atoms with van der Waals surface area (Å²) in [5.41, 5.74) is 1.55. The predicted octanol–water partition coefficient (Wildman–Crippen LogP) is 4.14. The Kier molecular flexibility index (Phi) is 4.59. The fourth-order valence-corrected chi connectivity index (χ4v) is 4.75. The lowest BCUT2D eigenvalue weighted by molar-refractivity contribution is 0.102. The Morgan fingerprint density at radius 1 is 1.38 bits per heavy atom. The summed E-state index contributed by atoms with van der Waals surface area (Å²) in [4.78, 5) is 33.4. The lowest BCUT2D eigenvalue weighted by Gasteiger charge is -2.19. The zero-order chi connectivity index (χ0) is 18.1. The molecule has 26 heavy (non-hydrogen) atoms. The van der Waals surface area contributed by atoms with Crippen LogP contribution in [-0.4, -0.2) is 15.9 Å². The molecule has 0 saturated heterocycles. The van der Waals surface area contributed by atoms with Gasteiger partial charge in [0.25, 0.3) is 11.5 Å². The number of anilines is 1. The number of nitrogens with one attached hydrogen (secondary N) is 2. The summed E-state index contributed by atoms with van der Waals surface area (Å²) in [6.45, 7) is 2.22. The van der Waals surface area contributed by atoms with Crippen molar-refractivity contribution in [2.24, 2.45) is 5.92 Å². The molecule has 5 nitrogen and oxygen atoms in total. The van der Waals surface area contributed by atoms with Crippen molar-refractivity contribution in [3.8, 4) is 0 Å². The molecule has 3 aromatic rings. The molecule has 1 aliphatic carbocycles. The van der Waals surface area contributed by atoms with Gasteiger partial charge in [0, 0.05) is 10.4 Å². The minimum atomic E-state index is -0.409. The molecule has 0 aliphatic heterocycles. The Labute approximate surface area is 155 Å². The van der Waals surface area contributed by atoms with Gasteiger partial charge in [-0.05, 0) is 42.7 Å². The highest BCUT2D eigenvalue weighted by Gasteiger charge is 2.23. The molecule has 4 rings (SSSR count). The van der Waals surface area contributed by atoms with Crippen LogP contribution in [0.3, 0.4) is 0 Å². The third-order valence-electron chi connectivity index (χ3n) is 4.96. The molecule has 0 radical (unpaired) electrons. The van der Waals surface area contributed by atoms with Gasteiger partial charge in [-0.3, -0.25) is 14.9 Å². The molecule has 0 spiro atoms. The lowest BCUT2D eigenvalue weighted by atomic mass is 9.88. The van der Waals surface area contributed by atoms with E-state index in [-0.39, 0.29) is 11.1 Å². The van der Waals surface area contributed by atoms with Gasteiger partial charge in [0.1, 0.15) is 5.56 Å². The normalized spacial score (nSPS) is 16.4. The minimum Gasteiger partial charge on any atom is -0.321 e. The average Bonchev–Trinajstić information content (AvgIpc) is 3.02. The summed E-state index contributed by atoms with van der Waals surface area (Å²) in [6, 6.07) is 9.06. The van der Waals surface area contributed by atoms with Gasteiger partial charge in [0.2, 0.25) is 0 Å². The van der Waals surface area contributed by atoms with E-state index in [4.69, 9.17) is 0 Å². The molecule has 2 aromatic heterocycles. The molecule has 0 fully saturated rings. The van der Waals surface area contributed by atoms with Crippen molar-refractivity contribution in [2.75, 3.05) is 5.32 Å². The largest absolute Gasteiger partial charge is 0.321 e. The molecule has 134 valence electrons. The molecule has 1 aliphatic rings. The lowest BCUT2D eigenvalue weighted by Crippen LogP contribution is -2.23. The molecule has 0 bridgehead atoms. The van der Waals surface area contributed by atoms with Crippen LogP contribution in [0.5, 0.6) is 0 Å². The van der Waals surface area contributed by atoms with Crippen LogP contribution >= 0.6 is 11.3 Å². The van der Waals surface area contributed by atoms with E-state index in [9.17, 15) is 9.59 Å². The van der Waals surface area contributed by atoms with Crippen molar-refractivity contribution in [1.82, 2.24) is 9.97 Å². The maximum absolute atomic E-state index is 12.6. The van der Waals surface area contributed by atoms with E-state index in [2.05, 4.69) is 22.2 Å². The minimum absolute atomic E-state index is 0.112. The van der Waals surface area contributed by atoms with Crippen LogP contribution in [0.25, 0.3) is 10.9 Å². The van der Waals surface area contributed by atoms with Crippen molar-refractivity contribution >= 4 is 33.3 Å². The Bertz CT molecular complexity index is 1020. The van der Waals surface area contributed by atoms with E-state index in [1.165, 1.54) is 24.1 Å². The number of aryl methyl sites for hydroxylation is 1. The van der Waals surface area contributed by atoms with Crippen LogP contribution in [0.1, 0.15) is 47.1 Å². The SMILES string of the molecule is CCCC1CCc2nc(NC(=O)c3cc4ccccc4[nH]c3=O)sc2C1. The predicted molar refractivity (Wildman–Crippen MR) is 105 cm³/mol. The number of hydrogen-bond donors (Lipinski definition) is 2. The number of aromatic nitrogens is 2. The molecule has 6 heteroatoms. The summed E-state index contributed by atoms with van der Waals surface area (Å²) in [6.07, 6.45) is 5.64. The third kappa shape index (κ3) is 3.29. The number of aromatic amines is 1. The quantitative estimate of drug-likeness (QED) is 0.728. The number of amides is 1. The van der Waals surface area contributed by atoms with Gasteiger partial charge in [0.05, 0.1) is 5.69 Å². The molecule has 1 aromatic carbocycles. The third-order valence-corrected chi connectivity index (χ3v) is 5.99. The molecule has 1 atom stereocenters. The second-order valence-electron chi connectivity index (χ2n) is 6.84. The van der Waals surface area contributed by atoms with Gasteiger partial charge >= 0.3 is 0 Å². The summed E-state index contributed by atoms with van der Waals surface area (Å²) >= 11 is 1.54. The maximum atomic E-state index is 12.6. The molecular weight excluding hydrogens is 346 g/mol. The van der Waals surface area contributed by atoms with Gasteiger partial charge in [0.15, 0.2) is 5.13 Å². The van der Waals surface area contributed by atoms with Gasteiger partial charge in [-0.25, -0.2) is 4.98 Å². The van der Waals surface area contributed by atoms with E-state index < -0.39 is 5.91 Å². The molecule has 0 saturated carbocycles. The van der Waals surface area contributed by atoms with Crippen molar-refractivity contribution in [3.63, 3.8) is 0 Å². The van der Waals surface area contributed by atoms with E-state index in [1.54, 1.807) is 17.4 Å². The topological polar surface area (TPSA) is 74.8 Å². The first-order valence-electron chi connectivity index (χ1n) is 9.06. The number of hydrogen-bond acceptors (Lipinski definition) is 4. The molecule has 1 amide bonds. The molecule has 1 unspecified atom stereocenters. The summed E-state index contributed by atoms with van der Waals surface area (Å²) in [7, 11) is 0. The monoisotopic (exact) mass is 367 g/mol. The number of rotatable bonds is 4. The van der Waals surface area contributed by atoms with Crippen LogP contribution in [0, 0.1) is 5.92 Å². The molecule has 2 N–H and O–H groups in total. The van der Waals surface area contributed by atoms with Crippen LogP contribution in [0.15, 0.2) is 35.1 Å². The number of nitrogens with zero attached hydrogens (tertiary/aromatic N) is 1. The number of carbonyl (C=O) groups is 1. The second kappa shape index (κ2) is 7.03. The number of carbonyl (C=O) groups excluding carboxylic acids is 1. The van der Waals surface area contributed by atoms with Crippen molar-refractivity contribution in [2.45, 2.75) is 39.0 Å². The first-order valence-corrected chi connectivity index (χ1v) is 9.87. The van der Waals surface area contributed by atoms with Crippen LogP contribution in [0.2, 0.25) is 0 Å². The highest BCUT2D eigenvalue weighted by atomic mass is 32.1. The van der Waals surface area contributed by atoms with Gasteiger partial charge in [-0.15, -0.1) is 11.3 Å². The summed E-state index contributed by atoms with van der Waals surface area (Å²) in [5.74, 6) is 0.313. The summed E-state index contributed by atoms with van der Waals surface area (Å²) < 4.78 is 0. The number of fused-ring (bicyclic) bond motifs is 2. The van der Waals surface area contributed by atoms with Gasteiger partial charge in [-0.1, -0.05) is 38.0 Å². The number of para-hydroxylation sites is 1.